The van der Waals surface area contributed by atoms with Gasteiger partial charge < -0.3 is 5.32 Å². The van der Waals surface area contributed by atoms with Gasteiger partial charge in [0, 0.05) is 7.05 Å². The molecule has 1 aromatic rings. The summed E-state index contributed by atoms with van der Waals surface area (Å²) in [7, 11) is 1.89. The summed E-state index contributed by atoms with van der Waals surface area (Å²) in [5.41, 5.74) is 1.07. The van der Waals surface area contributed by atoms with Gasteiger partial charge in [-0.15, -0.1) is 0 Å². The Labute approximate surface area is 116 Å². The molecule has 0 fully saturated rings. The molecule has 0 spiro atoms. The van der Waals surface area contributed by atoms with E-state index in [1.165, 1.54) is 0 Å². The third-order valence-electron chi connectivity index (χ3n) is 2.22. The minimum absolute atomic E-state index is 0.713. The van der Waals surface area contributed by atoms with Crippen LogP contribution in [0.4, 0.5) is 5.82 Å². The van der Waals surface area contributed by atoms with Crippen LogP contribution in [0.1, 0.15) is 32.3 Å². The molecule has 0 aliphatic carbocycles. The van der Waals surface area contributed by atoms with E-state index in [2.05, 4.69) is 52.0 Å². The fourth-order valence-electron chi connectivity index (χ4n) is 1.40. The third-order valence-corrected chi connectivity index (χ3v) is 4.42. The van der Waals surface area contributed by atoms with E-state index in [1.54, 1.807) is 0 Å². The number of hydrogen-bond donors (Lipinski definition) is 1. The van der Waals surface area contributed by atoms with Crippen LogP contribution in [0, 0.1) is 5.92 Å². The molecule has 1 rings (SSSR count). The van der Waals surface area contributed by atoms with Gasteiger partial charge in [-0.3, -0.25) is 0 Å². The molecule has 0 unspecified atom stereocenters. The van der Waals surface area contributed by atoms with Crippen molar-refractivity contribution in [3.05, 3.63) is 16.0 Å². The molecule has 1 aromatic heterocycles. The van der Waals surface area contributed by atoms with Gasteiger partial charge in [0.15, 0.2) is 0 Å². The number of halogens is 1. The highest BCUT2D eigenvalue weighted by atomic mass is 79.9. The van der Waals surface area contributed by atoms with E-state index < -0.39 is 0 Å². The van der Waals surface area contributed by atoms with Crippen molar-refractivity contribution >= 4 is 33.5 Å². The lowest BCUT2D eigenvalue weighted by Crippen LogP contribution is -2.05. The van der Waals surface area contributed by atoms with Crippen molar-refractivity contribution in [2.24, 2.45) is 5.92 Å². The summed E-state index contributed by atoms with van der Waals surface area (Å²) in [4.78, 5) is 9.08. The normalized spacial score (nSPS) is 10.9. The predicted molar refractivity (Wildman–Crippen MR) is 79.7 cm³/mol. The van der Waals surface area contributed by atoms with Crippen molar-refractivity contribution in [3.8, 4) is 0 Å². The fourth-order valence-corrected chi connectivity index (χ4v) is 2.95. The summed E-state index contributed by atoms with van der Waals surface area (Å²) < 4.78 is 0.986. The van der Waals surface area contributed by atoms with Gasteiger partial charge in [0.25, 0.3) is 0 Å². The zero-order chi connectivity index (χ0) is 12.8. The maximum Gasteiger partial charge on any atom is 0.144 e. The van der Waals surface area contributed by atoms with Crippen molar-refractivity contribution in [2.75, 3.05) is 18.1 Å². The Morgan fingerprint density at radius 3 is 2.59 bits per heavy atom. The summed E-state index contributed by atoms with van der Waals surface area (Å²) >= 11 is 5.42. The van der Waals surface area contributed by atoms with Gasteiger partial charge in [0.1, 0.15) is 11.6 Å². The maximum absolute atomic E-state index is 4.58. The smallest absolute Gasteiger partial charge is 0.144 e. The summed E-state index contributed by atoms with van der Waals surface area (Å²) in [5, 5.41) is 3.10. The van der Waals surface area contributed by atoms with Gasteiger partial charge in [0.2, 0.25) is 0 Å². The van der Waals surface area contributed by atoms with Crippen LogP contribution in [0.3, 0.4) is 0 Å². The number of aryl methyl sites for hydroxylation is 1. The molecule has 3 nitrogen and oxygen atoms in total. The third kappa shape index (κ3) is 4.47. The van der Waals surface area contributed by atoms with E-state index in [9.17, 15) is 0 Å². The van der Waals surface area contributed by atoms with E-state index in [4.69, 9.17) is 0 Å². The number of thioether (sulfide) groups is 1. The highest BCUT2D eigenvalue weighted by molar-refractivity contribution is 9.10. The SMILES string of the molecule is CCc1nc(CSCC(C)C)nc(NC)c1Br. The van der Waals surface area contributed by atoms with Gasteiger partial charge in [0.05, 0.1) is 15.9 Å². The molecule has 5 heteroatoms. The number of rotatable bonds is 6. The second-order valence-corrected chi connectivity index (χ2v) is 6.08. The highest BCUT2D eigenvalue weighted by Gasteiger charge is 2.10. The van der Waals surface area contributed by atoms with Crippen molar-refractivity contribution in [1.29, 1.82) is 0 Å². The first-order valence-electron chi connectivity index (χ1n) is 5.89. The standard InChI is InChI=1S/C12H20BrN3S/c1-5-9-11(13)12(14-4)16-10(15-9)7-17-6-8(2)3/h8H,5-7H2,1-4H3,(H,14,15,16). The lowest BCUT2D eigenvalue weighted by molar-refractivity contribution is 0.749. The van der Waals surface area contributed by atoms with Crippen LogP contribution in [-0.4, -0.2) is 22.8 Å². The molecule has 96 valence electrons. The molecule has 0 aromatic carbocycles. The van der Waals surface area contributed by atoms with Crippen LogP contribution < -0.4 is 5.32 Å². The molecule has 1 N–H and O–H groups in total. The first-order valence-corrected chi connectivity index (χ1v) is 7.84. The second-order valence-electron chi connectivity index (χ2n) is 4.26. The molecule has 0 saturated carbocycles. The van der Waals surface area contributed by atoms with E-state index in [0.717, 1.165) is 39.7 Å². The number of nitrogens with zero attached hydrogens (tertiary/aromatic N) is 2. The Hall–Kier alpha value is -0.290. The molecular formula is C12H20BrN3S. The van der Waals surface area contributed by atoms with E-state index in [-0.39, 0.29) is 0 Å². The van der Waals surface area contributed by atoms with Gasteiger partial charge in [-0.1, -0.05) is 20.8 Å². The van der Waals surface area contributed by atoms with Crippen LogP contribution in [0.15, 0.2) is 4.47 Å². The van der Waals surface area contributed by atoms with Crippen molar-refractivity contribution in [1.82, 2.24) is 9.97 Å². The molecule has 0 atom stereocenters. The molecule has 0 saturated heterocycles. The van der Waals surface area contributed by atoms with Crippen LogP contribution in [0.5, 0.6) is 0 Å². The second kappa shape index (κ2) is 7.21. The number of hydrogen-bond acceptors (Lipinski definition) is 4. The molecule has 0 radical (unpaired) electrons. The number of anilines is 1. The molecule has 1 heterocycles. The number of nitrogens with one attached hydrogen (secondary N) is 1. The largest absolute Gasteiger partial charge is 0.372 e. The zero-order valence-corrected chi connectivity index (χ0v) is 13.3. The first kappa shape index (κ1) is 14.8. The summed E-state index contributed by atoms with van der Waals surface area (Å²) in [5.74, 6) is 4.55. The summed E-state index contributed by atoms with van der Waals surface area (Å²) in [6.07, 6.45) is 0.916. The molecule has 0 aliphatic heterocycles. The Kier molecular flexibility index (Phi) is 6.27. The monoisotopic (exact) mass is 317 g/mol. The predicted octanol–water partition coefficient (Wildman–Crippen LogP) is 3.73. The average molecular weight is 318 g/mol. The van der Waals surface area contributed by atoms with Crippen LogP contribution in [0.2, 0.25) is 0 Å². The van der Waals surface area contributed by atoms with Crippen LogP contribution in [-0.2, 0) is 12.2 Å². The Morgan fingerprint density at radius 2 is 2.06 bits per heavy atom. The van der Waals surface area contributed by atoms with Gasteiger partial charge in [-0.2, -0.15) is 11.8 Å². The lowest BCUT2D eigenvalue weighted by Gasteiger charge is -2.10. The first-order chi connectivity index (χ1) is 8.08. The van der Waals surface area contributed by atoms with E-state index in [1.807, 2.05) is 18.8 Å². The topological polar surface area (TPSA) is 37.8 Å². The van der Waals surface area contributed by atoms with Crippen molar-refractivity contribution in [2.45, 2.75) is 32.9 Å². The van der Waals surface area contributed by atoms with E-state index in [0.29, 0.717) is 5.92 Å². The Bertz CT molecular complexity index is 344. The van der Waals surface area contributed by atoms with Crippen molar-refractivity contribution < 1.29 is 0 Å². The van der Waals surface area contributed by atoms with E-state index >= 15 is 0 Å². The fraction of sp³-hybridized carbons (Fsp3) is 0.667. The number of aromatic nitrogens is 2. The quantitative estimate of drug-likeness (QED) is 0.867. The lowest BCUT2D eigenvalue weighted by atomic mass is 10.3. The molecular weight excluding hydrogens is 298 g/mol. The summed E-state index contributed by atoms with van der Waals surface area (Å²) in [6, 6.07) is 0. The van der Waals surface area contributed by atoms with Crippen molar-refractivity contribution in [3.63, 3.8) is 0 Å². The maximum atomic E-state index is 4.58. The molecule has 0 bridgehead atoms. The molecule has 0 aliphatic rings. The molecule has 0 amide bonds. The highest BCUT2D eigenvalue weighted by Crippen LogP contribution is 2.25. The Balaban J connectivity index is 2.78. The zero-order valence-electron chi connectivity index (χ0n) is 10.9. The van der Waals surface area contributed by atoms with Crippen LogP contribution >= 0.6 is 27.7 Å². The van der Waals surface area contributed by atoms with Crippen LogP contribution in [0.25, 0.3) is 0 Å². The Morgan fingerprint density at radius 1 is 1.35 bits per heavy atom. The molecule has 17 heavy (non-hydrogen) atoms. The van der Waals surface area contributed by atoms with Gasteiger partial charge in [-0.25, -0.2) is 9.97 Å². The van der Waals surface area contributed by atoms with Gasteiger partial charge in [-0.05, 0) is 34.0 Å². The average Bonchev–Trinajstić information content (AvgIpc) is 2.30. The summed E-state index contributed by atoms with van der Waals surface area (Å²) in [6.45, 7) is 6.56. The minimum Gasteiger partial charge on any atom is -0.372 e. The van der Waals surface area contributed by atoms with Gasteiger partial charge >= 0.3 is 0 Å². The minimum atomic E-state index is 0.713.